The molecule has 1 fully saturated rings. The predicted molar refractivity (Wildman–Crippen MR) is 76.0 cm³/mol. The number of aryl methyl sites for hydroxylation is 1. The zero-order valence-corrected chi connectivity index (χ0v) is 12.0. The molecule has 0 amide bonds. The summed E-state index contributed by atoms with van der Waals surface area (Å²) in [6.45, 7) is 7.81. The second-order valence-electron chi connectivity index (χ2n) is 6.23. The van der Waals surface area contributed by atoms with Crippen molar-refractivity contribution in [3.63, 3.8) is 0 Å². The molecule has 0 aromatic heterocycles. The van der Waals surface area contributed by atoms with Crippen molar-refractivity contribution in [3.8, 4) is 0 Å². The van der Waals surface area contributed by atoms with E-state index in [9.17, 15) is 9.90 Å². The average Bonchev–Trinajstić information content (AvgIpc) is 2.30. The SMILES string of the molecule is Cc1ccccc1CN1CCCC(C)(C)C1C(=O)O. The normalized spacial score (nSPS) is 23.2. The van der Waals surface area contributed by atoms with Gasteiger partial charge in [-0.05, 0) is 42.9 Å². The topological polar surface area (TPSA) is 40.5 Å². The lowest BCUT2D eigenvalue weighted by Crippen LogP contribution is -2.53. The highest BCUT2D eigenvalue weighted by Crippen LogP contribution is 2.36. The molecule has 1 saturated heterocycles. The van der Waals surface area contributed by atoms with Crippen molar-refractivity contribution in [1.82, 2.24) is 4.90 Å². The number of benzene rings is 1. The Labute approximate surface area is 115 Å². The van der Waals surface area contributed by atoms with E-state index in [1.54, 1.807) is 0 Å². The van der Waals surface area contributed by atoms with Crippen molar-refractivity contribution in [1.29, 1.82) is 0 Å². The van der Waals surface area contributed by atoms with Gasteiger partial charge in [-0.15, -0.1) is 0 Å². The summed E-state index contributed by atoms with van der Waals surface area (Å²) >= 11 is 0. The number of likely N-dealkylation sites (tertiary alicyclic amines) is 1. The van der Waals surface area contributed by atoms with E-state index >= 15 is 0 Å². The molecule has 0 aliphatic carbocycles. The lowest BCUT2D eigenvalue weighted by molar-refractivity contribution is -0.151. The van der Waals surface area contributed by atoms with E-state index < -0.39 is 5.97 Å². The molecule has 2 rings (SSSR count). The summed E-state index contributed by atoms with van der Waals surface area (Å²) in [5.74, 6) is -0.696. The monoisotopic (exact) mass is 261 g/mol. The molecule has 1 aromatic carbocycles. The molecule has 1 heterocycles. The summed E-state index contributed by atoms with van der Waals surface area (Å²) in [6.07, 6.45) is 2.05. The standard InChI is InChI=1S/C16H23NO2/c1-12-7-4-5-8-13(12)11-17-10-6-9-16(2,3)14(17)15(18)19/h4-5,7-8,14H,6,9-11H2,1-3H3,(H,18,19). The van der Waals surface area contributed by atoms with Crippen molar-refractivity contribution in [2.75, 3.05) is 6.54 Å². The minimum atomic E-state index is -0.696. The number of carbonyl (C=O) groups is 1. The van der Waals surface area contributed by atoms with Crippen LogP contribution in [-0.4, -0.2) is 28.6 Å². The molecule has 1 aliphatic heterocycles. The molecule has 0 radical (unpaired) electrons. The first-order valence-corrected chi connectivity index (χ1v) is 6.93. The molecule has 1 aliphatic rings. The first-order chi connectivity index (χ1) is 8.92. The molecule has 3 nitrogen and oxygen atoms in total. The summed E-state index contributed by atoms with van der Waals surface area (Å²) in [5, 5.41) is 9.55. The van der Waals surface area contributed by atoms with Crippen LogP contribution in [0.2, 0.25) is 0 Å². The summed E-state index contributed by atoms with van der Waals surface area (Å²) < 4.78 is 0. The van der Waals surface area contributed by atoms with Crippen LogP contribution in [0.4, 0.5) is 0 Å². The van der Waals surface area contributed by atoms with Crippen LogP contribution in [-0.2, 0) is 11.3 Å². The highest BCUT2D eigenvalue weighted by Gasteiger charge is 2.42. The third-order valence-electron chi connectivity index (χ3n) is 4.24. The van der Waals surface area contributed by atoms with Crippen molar-refractivity contribution in [2.45, 2.75) is 46.2 Å². The maximum absolute atomic E-state index is 11.6. The number of rotatable bonds is 3. The van der Waals surface area contributed by atoms with E-state index in [-0.39, 0.29) is 11.5 Å². The van der Waals surface area contributed by atoms with Gasteiger partial charge in [-0.1, -0.05) is 38.1 Å². The second kappa shape index (κ2) is 5.33. The zero-order chi connectivity index (χ0) is 14.0. The molecule has 1 aromatic rings. The van der Waals surface area contributed by atoms with Gasteiger partial charge < -0.3 is 5.11 Å². The predicted octanol–water partition coefficient (Wildman–Crippen LogP) is 3.07. The number of carboxylic acids is 1. The molecule has 1 atom stereocenters. The molecule has 0 saturated carbocycles. The molecular formula is C16H23NO2. The van der Waals surface area contributed by atoms with Crippen LogP contribution >= 0.6 is 0 Å². The van der Waals surface area contributed by atoms with Gasteiger partial charge in [0.15, 0.2) is 0 Å². The van der Waals surface area contributed by atoms with Gasteiger partial charge in [0, 0.05) is 6.54 Å². The molecule has 3 heteroatoms. The van der Waals surface area contributed by atoms with E-state index in [1.165, 1.54) is 11.1 Å². The first-order valence-electron chi connectivity index (χ1n) is 6.93. The van der Waals surface area contributed by atoms with E-state index in [2.05, 4.69) is 37.8 Å². The molecule has 0 spiro atoms. The van der Waals surface area contributed by atoms with Crippen molar-refractivity contribution < 1.29 is 9.90 Å². The molecule has 0 bridgehead atoms. The number of hydrogen-bond donors (Lipinski definition) is 1. The number of aliphatic carboxylic acids is 1. The number of nitrogens with zero attached hydrogens (tertiary/aromatic N) is 1. The van der Waals surface area contributed by atoms with Crippen LogP contribution in [0.15, 0.2) is 24.3 Å². The van der Waals surface area contributed by atoms with Crippen LogP contribution in [0.5, 0.6) is 0 Å². The van der Waals surface area contributed by atoms with Gasteiger partial charge in [0.05, 0.1) is 0 Å². The number of hydrogen-bond acceptors (Lipinski definition) is 2. The van der Waals surface area contributed by atoms with E-state index in [0.29, 0.717) is 0 Å². The fourth-order valence-electron chi connectivity index (χ4n) is 3.16. The fourth-order valence-corrected chi connectivity index (χ4v) is 3.16. The van der Waals surface area contributed by atoms with Gasteiger partial charge in [-0.2, -0.15) is 0 Å². The van der Waals surface area contributed by atoms with Gasteiger partial charge in [0.1, 0.15) is 6.04 Å². The maximum Gasteiger partial charge on any atom is 0.321 e. The summed E-state index contributed by atoms with van der Waals surface area (Å²) in [5.41, 5.74) is 2.30. The molecule has 1 unspecified atom stereocenters. The lowest BCUT2D eigenvalue weighted by Gasteiger charge is -2.44. The maximum atomic E-state index is 11.6. The first kappa shape index (κ1) is 14.1. The molecule has 19 heavy (non-hydrogen) atoms. The van der Waals surface area contributed by atoms with Crippen LogP contribution in [0.1, 0.15) is 37.8 Å². The Balaban J connectivity index is 2.23. The Hall–Kier alpha value is -1.35. The smallest absolute Gasteiger partial charge is 0.321 e. The minimum absolute atomic E-state index is 0.160. The third-order valence-corrected chi connectivity index (χ3v) is 4.24. The minimum Gasteiger partial charge on any atom is -0.480 e. The number of piperidine rings is 1. The number of carboxylic acid groups (broad SMARTS) is 1. The Bertz CT molecular complexity index is 468. The Kier molecular flexibility index (Phi) is 3.95. The summed E-state index contributed by atoms with van der Waals surface area (Å²) in [4.78, 5) is 13.7. The summed E-state index contributed by atoms with van der Waals surface area (Å²) in [7, 11) is 0. The molecule has 1 N–H and O–H groups in total. The Morgan fingerprint density at radius 2 is 2.11 bits per heavy atom. The van der Waals surface area contributed by atoms with Crippen LogP contribution in [0.25, 0.3) is 0 Å². The average molecular weight is 261 g/mol. The Morgan fingerprint density at radius 3 is 2.74 bits per heavy atom. The van der Waals surface area contributed by atoms with Crippen molar-refractivity contribution in [3.05, 3.63) is 35.4 Å². The quantitative estimate of drug-likeness (QED) is 0.909. The van der Waals surface area contributed by atoms with Gasteiger partial charge >= 0.3 is 5.97 Å². The van der Waals surface area contributed by atoms with Crippen LogP contribution < -0.4 is 0 Å². The van der Waals surface area contributed by atoms with Gasteiger partial charge in [0.2, 0.25) is 0 Å². The second-order valence-corrected chi connectivity index (χ2v) is 6.23. The van der Waals surface area contributed by atoms with Crippen LogP contribution in [0.3, 0.4) is 0 Å². The highest BCUT2D eigenvalue weighted by molar-refractivity contribution is 5.74. The fraction of sp³-hybridized carbons (Fsp3) is 0.562. The zero-order valence-electron chi connectivity index (χ0n) is 12.0. The Morgan fingerprint density at radius 1 is 1.42 bits per heavy atom. The van der Waals surface area contributed by atoms with Crippen molar-refractivity contribution >= 4 is 5.97 Å². The van der Waals surface area contributed by atoms with E-state index in [1.807, 2.05) is 12.1 Å². The molecule has 104 valence electrons. The highest BCUT2D eigenvalue weighted by atomic mass is 16.4. The molecular weight excluding hydrogens is 238 g/mol. The van der Waals surface area contributed by atoms with Gasteiger partial charge in [-0.3, -0.25) is 9.69 Å². The van der Waals surface area contributed by atoms with Gasteiger partial charge in [0.25, 0.3) is 0 Å². The lowest BCUT2D eigenvalue weighted by atomic mass is 9.76. The van der Waals surface area contributed by atoms with Gasteiger partial charge in [-0.25, -0.2) is 0 Å². The largest absolute Gasteiger partial charge is 0.480 e. The van der Waals surface area contributed by atoms with Crippen LogP contribution in [0, 0.1) is 12.3 Å². The third kappa shape index (κ3) is 2.98. The summed E-state index contributed by atoms with van der Waals surface area (Å²) in [6, 6.07) is 7.83. The van der Waals surface area contributed by atoms with E-state index in [4.69, 9.17) is 0 Å². The van der Waals surface area contributed by atoms with Crippen molar-refractivity contribution in [2.24, 2.45) is 5.41 Å². The van der Waals surface area contributed by atoms with E-state index in [0.717, 1.165) is 25.9 Å².